The van der Waals surface area contributed by atoms with Crippen LogP contribution >= 0.6 is 0 Å². The van der Waals surface area contributed by atoms with Crippen LogP contribution in [0.3, 0.4) is 0 Å². The largest absolute Gasteiger partial charge is 0.395 e. The highest BCUT2D eigenvalue weighted by Gasteiger charge is 2.19. The Kier molecular flexibility index (Phi) is 15.2. The molecule has 0 bridgehead atoms. The van der Waals surface area contributed by atoms with Crippen molar-refractivity contribution < 1.29 is 62.1 Å². The second-order valence-corrected chi connectivity index (χ2v) is 19.7. The number of nitrogens with zero attached hydrogens (tertiary/aromatic N) is 8. The third-order valence-electron chi connectivity index (χ3n) is 9.11. The summed E-state index contributed by atoms with van der Waals surface area (Å²) >= 11 is 0. The van der Waals surface area contributed by atoms with E-state index in [1.54, 1.807) is 14.1 Å². The summed E-state index contributed by atoms with van der Waals surface area (Å²) in [6.45, 7) is -0.399. The number of benzene rings is 4. The van der Waals surface area contributed by atoms with Gasteiger partial charge in [0, 0.05) is 27.2 Å². The number of hydrogen-bond donors (Lipinski definition) is 10. The van der Waals surface area contributed by atoms with Crippen LogP contribution in [0.4, 0.5) is 34.6 Å². The molecule has 68 heavy (non-hydrogen) atoms. The number of H-pyrrole nitrogens is 4. The fourth-order valence-corrected chi connectivity index (χ4v) is 8.35. The van der Waals surface area contributed by atoms with E-state index in [0.29, 0.717) is 0 Å². The molecule has 2 heterocycles. The van der Waals surface area contributed by atoms with Crippen LogP contribution in [0.15, 0.2) is 124 Å². The smallest absolute Gasteiger partial charge is 0.295 e. The number of aromatic amines is 4. The quantitative estimate of drug-likeness (QED) is 0.0472. The van der Waals surface area contributed by atoms with E-state index < -0.39 is 60.1 Å². The Morgan fingerprint density at radius 3 is 1.21 bits per heavy atom. The lowest BCUT2D eigenvalue weighted by atomic mass is 10.1. The maximum atomic E-state index is 12.7. The van der Waals surface area contributed by atoms with Crippen molar-refractivity contribution in [3.63, 3.8) is 0 Å². The van der Waals surface area contributed by atoms with Crippen LogP contribution in [0.25, 0.3) is 12.2 Å². The summed E-state index contributed by atoms with van der Waals surface area (Å²) < 4.78 is 137. The molecule has 0 aliphatic rings. The first kappa shape index (κ1) is 50.4. The van der Waals surface area contributed by atoms with Crippen LogP contribution in [0.2, 0.25) is 0 Å². The molecule has 0 aliphatic heterocycles. The normalized spacial score (nSPS) is 13.7. The standard InChI is InChI=1S/C38H40N12O14S4/c1-49(15-17-51)37-45-33(39-25-5-3-7-29(19-25)65(53,54)55)43-35(47-37)41-27-13-11-23(31(21-27)67(59,60)61)9-10-24-12-14-28(22-32(24)68(62,63)64)42-36-44-34(46-38(48-36)50(2)16-18-52)40-26-6-4-8-30(20-26)66(56,57)58/h3-14,19-22,51-52H,15-18H2,1-2H3,(H,53,54,55)(H,56,57,58)(H,59,60,61)(H,62,63,64)(H2,39,41,43,45,47)(H2,40,42,44,46,48)/b10-9+. The molecule has 360 valence electrons. The van der Waals surface area contributed by atoms with Gasteiger partial charge < -0.3 is 20.0 Å². The topological polar surface area (TPSA) is 403 Å². The molecule has 26 nitrogen and oxygen atoms in total. The first-order chi connectivity index (χ1) is 31.9. The Morgan fingerprint density at radius 1 is 0.500 bits per heavy atom. The molecule has 0 fully saturated rings. The van der Waals surface area contributed by atoms with Gasteiger partial charge in [0.25, 0.3) is 40.5 Å². The summed E-state index contributed by atoms with van der Waals surface area (Å²) in [6, 6.07) is 17.1. The average Bonchev–Trinajstić information content (AvgIpc) is 3.25. The van der Waals surface area contributed by atoms with Gasteiger partial charge in [0.05, 0.1) is 45.8 Å². The van der Waals surface area contributed by atoms with Gasteiger partial charge in [0.2, 0.25) is 34.4 Å². The van der Waals surface area contributed by atoms with E-state index in [-0.39, 0.29) is 94.5 Å². The van der Waals surface area contributed by atoms with Crippen molar-refractivity contribution in [3.8, 4) is 0 Å². The maximum absolute atomic E-state index is 12.7. The highest BCUT2D eigenvalue weighted by atomic mass is 32.2. The zero-order chi connectivity index (χ0) is 49.6. The molecule has 4 aromatic carbocycles. The molecule has 0 spiro atoms. The molecule has 0 unspecified atom stereocenters. The fraction of sp³-hybridized carbons (Fsp3) is 0.158. The Hall–Kier alpha value is -7.00. The zero-order valence-corrected chi connectivity index (χ0v) is 38.5. The molecule has 6 aromatic rings. The molecule has 2 aromatic heterocycles. The monoisotopic (exact) mass is 1020 g/mol. The number of aliphatic hydroxyl groups excluding tert-OH is 2. The molecule has 0 amide bonds. The van der Waals surface area contributed by atoms with Crippen LogP contribution < -0.4 is 32.3 Å². The van der Waals surface area contributed by atoms with E-state index in [9.17, 15) is 62.1 Å². The minimum atomic E-state index is -5.00. The molecule has 10 N–H and O–H groups in total. The van der Waals surface area contributed by atoms with Gasteiger partial charge in [-0.1, -0.05) is 36.4 Å². The first-order valence-electron chi connectivity index (χ1n) is 19.2. The van der Waals surface area contributed by atoms with Crippen molar-refractivity contribution >= 4 is 87.3 Å². The predicted molar refractivity (Wildman–Crippen MR) is 241 cm³/mol. The van der Waals surface area contributed by atoms with Crippen molar-refractivity contribution in [3.05, 3.63) is 119 Å². The molecular formula is C38H40N12O14S4. The average molecular weight is 1020 g/mol. The highest BCUT2D eigenvalue weighted by Crippen LogP contribution is 2.28. The Bertz CT molecular complexity index is 3440. The number of aromatic nitrogens is 6. The second-order valence-electron chi connectivity index (χ2n) is 14.1. The van der Waals surface area contributed by atoms with Crippen molar-refractivity contribution in [2.45, 2.75) is 19.6 Å². The number of likely N-dealkylation sites (N-methyl/N-ethyl adjacent to an activating group) is 2. The lowest BCUT2D eigenvalue weighted by molar-refractivity contribution is 0.303. The fourth-order valence-electron chi connectivity index (χ4n) is 5.91. The number of nitrogens with one attached hydrogen (secondary N) is 4. The lowest BCUT2D eigenvalue weighted by Gasteiger charge is -2.15. The minimum absolute atomic E-state index is 0.0536. The molecular weight excluding hydrogens is 977 g/mol. The van der Waals surface area contributed by atoms with Crippen LogP contribution in [-0.4, -0.2) is 132 Å². The van der Waals surface area contributed by atoms with Gasteiger partial charge in [0.15, 0.2) is 0 Å². The molecule has 6 rings (SSSR count). The number of hydrogen-bond acceptors (Lipinski definition) is 18. The Balaban J connectivity index is 1.41. The van der Waals surface area contributed by atoms with Gasteiger partial charge in [-0.25, -0.2) is 20.0 Å². The molecule has 0 radical (unpaired) electrons. The summed E-state index contributed by atoms with van der Waals surface area (Å²) in [5.74, 6) is 0.193. The SMILES string of the molecule is CN(CCO)c1nc(=Nc2cccc(S(=O)(=O)O)c2)[nH]c(=Nc2ccc(/C=C/c3ccc(N=c4[nH]c(N(C)CCO)nc(=Nc5cccc(S(=O)(=O)O)c5)[nH]4)cc3S(=O)(=O)O)c(S(=O)(=O)O)c2)[nH]1. The number of anilines is 2. The molecule has 0 saturated heterocycles. The number of rotatable bonds is 16. The Morgan fingerprint density at radius 2 is 0.868 bits per heavy atom. The van der Waals surface area contributed by atoms with E-state index in [1.807, 2.05) is 0 Å². The van der Waals surface area contributed by atoms with Crippen LogP contribution in [0.1, 0.15) is 11.1 Å². The van der Waals surface area contributed by atoms with E-state index in [0.717, 1.165) is 48.6 Å². The van der Waals surface area contributed by atoms with E-state index in [4.69, 9.17) is 0 Å². The van der Waals surface area contributed by atoms with Gasteiger partial charge in [0.1, 0.15) is 9.79 Å². The van der Waals surface area contributed by atoms with Crippen molar-refractivity contribution in [1.82, 2.24) is 29.9 Å². The molecule has 30 heteroatoms. The molecule has 0 saturated carbocycles. The van der Waals surface area contributed by atoms with Gasteiger partial charge in [-0.3, -0.25) is 38.1 Å². The molecule has 0 atom stereocenters. The Labute approximate surface area is 385 Å². The molecule has 0 aliphatic carbocycles. The maximum Gasteiger partial charge on any atom is 0.295 e. The third kappa shape index (κ3) is 13.3. The first-order valence-corrected chi connectivity index (χ1v) is 25.0. The van der Waals surface area contributed by atoms with Crippen LogP contribution in [-0.2, 0) is 40.5 Å². The number of aliphatic hydroxyl groups is 2. The zero-order valence-electron chi connectivity index (χ0n) is 35.2. The van der Waals surface area contributed by atoms with E-state index in [1.165, 1.54) is 58.3 Å². The predicted octanol–water partition coefficient (Wildman–Crippen LogP) is 0.733. The summed E-state index contributed by atoms with van der Waals surface area (Å²) in [7, 11) is -16.0. The third-order valence-corrected chi connectivity index (χ3v) is 12.6. The van der Waals surface area contributed by atoms with E-state index in [2.05, 4.69) is 49.9 Å². The van der Waals surface area contributed by atoms with Gasteiger partial charge in [-0.15, -0.1) is 0 Å². The van der Waals surface area contributed by atoms with Crippen molar-refractivity contribution in [2.75, 3.05) is 50.2 Å². The lowest BCUT2D eigenvalue weighted by Crippen LogP contribution is -2.33. The second kappa shape index (κ2) is 20.5. The minimum Gasteiger partial charge on any atom is -0.395 e. The summed E-state index contributed by atoms with van der Waals surface area (Å²) in [5.41, 5.74) is -0.803. The summed E-state index contributed by atoms with van der Waals surface area (Å²) in [4.78, 5) is 37.9. The van der Waals surface area contributed by atoms with E-state index >= 15 is 0 Å². The van der Waals surface area contributed by atoms with Crippen molar-refractivity contribution in [1.29, 1.82) is 0 Å². The van der Waals surface area contributed by atoms with Crippen LogP contribution in [0.5, 0.6) is 0 Å². The van der Waals surface area contributed by atoms with Crippen molar-refractivity contribution in [2.24, 2.45) is 20.0 Å². The highest BCUT2D eigenvalue weighted by molar-refractivity contribution is 7.86. The van der Waals surface area contributed by atoms with Gasteiger partial charge in [-0.2, -0.15) is 43.6 Å². The van der Waals surface area contributed by atoms with Gasteiger partial charge >= 0.3 is 0 Å². The summed E-state index contributed by atoms with van der Waals surface area (Å²) in [5, 5.41) is 19.0. The summed E-state index contributed by atoms with van der Waals surface area (Å²) in [6.07, 6.45) is 2.30. The van der Waals surface area contributed by atoms with Gasteiger partial charge in [-0.05, 0) is 71.8 Å². The van der Waals surface area contributed by atoms with Crippen LogP contribution in [0, 0.1) is 0 Å².